The van der Waals surface area contributed by atoms with Crippen molar-refractivity contribution in [3.8, 4) is 5.75 Å². The third-order valence-corrected chi connectivity index (χ3v) is 5.53. The second-order valence-electron chi connectivity index (χ2n) is 6.80. The number of thioether (sulfide) groups is 1. The second kappa shape index (κ2) is 9.20. The average Bonchev–Trinajstić information content (AvgIpc) is 3.08. The van der Waals surface area contributed by atoms with Gasteiger partial charge in [0.2, 0.25) is 0 Å². The number of amides is 1. The summed E-state index contributed by atoms with van der Waals surface area (Å²) in [6.07, 6.45) is 1.85. The first-order valence-electron chi connectivity index (χ1n) is 9.39. The monoisotopic (exact) mass is 434 g/mol. The number of hydrogen-bond acceptors (Lipinski definition) is 4. The van der Waals surface area contributed by atoms with Crippen LogP contribution in [-0.2, 0) is 11.4 Å². The molecular weight excluding hydrogens is 416 g/mol. The molecule has 0 bridgehead atoms. The first kappa shape index (κ1) is 20.3. The quantitative estimate of drug-likeness (QED) is 0.492. The largest absolute Gasteiger partial charge is 0.489 e. The van der Waals surface area contributed by atoms with Crippen LogP contribution in [0, 0.1) is 6.92 Å². The zero-order chi connectivity index (χ0) is 20.9. The number of carbonyl (C=O) groups excluding carboxylic acids is 1. The number of carbonyl (C=O) groups is 1. The molecule has 0 aliphatic carbocycles. The molecule has 1 saturated heterocycles. The summed E-state index contributed by atoms with van der Waals surface area (Å²) in [5, 5.41) is 4.08. The fraction of sp³-hybridized carbons (Fsp3) is 0.0833. The number of aliphatic imine (C=N–C) groups is 1. The lowest BCUT2D eigenvalue weighted by atomic mass is 10.2. The molecule has 4 nitrogen and oxygen atoms in total. The van der Waals surface area contributed by atoms with E-state index in [2.05, 4.69) is 10.3 Å². The molecule has 1 heterocycles. The van der Waals surface area contributed by atoms with Crippen LogP contribution in [0.2, 0.25) is 5.02 Å². The Hall–Kier alpha value is -3.02. The van der Waals surface area contributed by atoms with Crippen LogP contribution in [-0.4, -0.2) is 11.1 Å². The zero-order valence-electron chi connectivity index (χ0n) is 16.3. The Balaban J connectivity index is 1.40. The first-order chi connectivity index (χ1) is 14.5. The highest BCUT2D eigenvalue weighted by Crippen LogP contribution is 2.28. The molecule has 6 heteroatoms. The zero-order valence-corrected chi connectivity index (χ0v) is 17.8. The molecule has 1 aliphatic heterocycles. The molecule has 0 aromatic heterocycles. The van der Waals surface area contributed by atoms with Crippen LogP contribution in [0.3, 0.4) is 0 Å². The van der Waals surface area contributed by atoms with Gasteiger partial charge in [0, 0.05) is 5.02 Å². The molecule has 0 saturated carbocycles. The topological polar surface area (TPSA) is 50.7 Å². The van der Waals surface area contributed by atoms with Crippen molar-refractivity contribution < 1.29 is 9.53 Å². The van der Waals surface area contributed by atoms with Crippen molar-refractivity contribution in [2.75, 3.05) is 0 Å². The van der Waals surface area contributed by atoms with Crippen LogP contribution >= 0.6 is 23.4 Å². The summed E-state index contributed by atoms with van der Waals surface area (Å²) in [5.74, 6) is 0.606. The van der Waals surface area contributed by atoms with Gasteiger partial charge in [0.1, 0.15) is 12.4 Å². The second-order valence-corrected chi connectivity index (χ2v) is 8.27. The van der Waals surface area contributed by atoms with E-state index in [4.69, 9.17) is 16.3 Å². The molecule has 1 aliphatic rings. The van der Waals surface area contributed by atoms with E-state index in [0.717, 1.165) is 22.6 Å². The third kappa shape index (κ3) is 5.32. The lowest BCUT2D eigenvalue weighted by Gasteiger charge is -2.07. The van der Waals surface area contributed by atoms with Gasteiger partial charge in [0.25, 0.3) is 5.91 Å². The minimum absolute atomic E-state index is 0.146. The molecule has 1 N–H and O–H groups in total. The standard InChI is InChI=1S/C24H19ClN2O2S/c1-16-5-9-20(10-6-16)26-24-27-23(28)22(30-24)14-17-7-11-21(12-8-17)29-15-18-3-2-4-19(25)13-18/h2-14H,15H2,1H3,(H,26,27,28). The van der Waals surface area contributed by atoms with Crippen molar-refractivity contribution in [2.24, 2.45) is 4.99 Å². The summed E-state index contributed by atoms with van der Waals surface area (Å²) in [4.78, 5) is 17.4. The number of rotatable bonds is 5. The van der Waals surface area contributed by atoms with Crippen LogP contribution in [0.1, 0.15) is 16.7 Å². The van der Waals surface area contributed by atoms with Gasteiger partial charge >= 0.3 is 0 Å². The van der Waals surface area contributed by atoms with Gasteiger partial charge in [-0.05, 0) is 72.3 Å². The number of ether oxygens (including phenoxy) is 1. The maximum absolute atomic E-state index is 12.3. The van der Waals surface area contributed by atoms with Gasteiger partial charge in [-0.15, -0.1) is 0 Å². The van der Waals surface area contributed by atoms with Gasteiger partial charge in [0.15, 0.2) is 5.17 Å². The Kier molecular flexibility index (Phi) is 6.21. The van der Waals surface area contributed by atoms with Gasteiger partial charge in [-0.1, -0.05) is 53.6 Å². The fourth-order valence-electron chi connectivity index (χ4n) is 2.82. The SMILES string of the molecule is Cc1ccc(N=C2NC(=O)C(=Cc3ccc(OCc4cccc(Cl)c4)cc3)S2)cc1. The van der Waals surface area contributed by atoms with E-state index in [0.29, 0.717) is 21.7 Å². The number of halogens is 1. The fourth-order valence-corrected chi connectivity index (χ4v) is 3.88. The van der Waals surface area contributed by atoms with Crippen LogP contribution in [0.25, 0.3) is 6.08 Å². The maximum atomic E-state index is 12.3. The normalized spacial score (nSPS) is 16.1. The molecule has 4 rings (SSSR count). The summed E-state index contributed by atoms with van der Waals surface area (Å²) in [7, 11) is 0. The number of nitrogens with zero attached hydrogens (tertiary/aromatic N) is 1. The molecule has 0 atom stereocenters. The Morgan fingerprint density at radius 3 is 2.57 bits per heavy atom. The molecule has 1 fully saturated rings. The van der Waals surface area contributed by atoms with Crippen molar-refractivity contribution in [1.82, 2.24) is 5.32 Å². The number of hydrogen-bond donors (Lipinski definition) is 1. The third-order valence-electron chi connectivity index (χ3n) is 4.39. The van der Waals surface area contributed by atoms with E-state index in [1.54, 1.807) is 0 Å². The lowest BCUT2D eigenvalue weighted by Crippen LogP contribution is -2.19. The predicted octanol–water partition coefficient (Wildman–Crippen LogP) is 6.12. The van der Waals surface area contributed by atoms with Crippen LogP contribution in [0.5, 0.6) is 5.75 Å². The van der Waals surface area contributed by atoms with E-state index < -0.39 is 0 Å². The van der Waals surface area contributed by atoms with Crippen molar-refractivity contribution in [3.05, 3.63) is 99.4 Å². The summed E-state index contributed by atoms with van der Waals surface area (Å²) < 4.78 is 5.80. The smallest absolute Gasteiger partial charge is 0.264 e. The number of nitrogens with one attached hydrogen (secondary N) is 1. The van der Waals surface area contributed by atoms with Gasteiger partial charge in [0.05, 0.1) is 10.6 Å². The summed E-state index contributed by atoms with van der Waals surface area (Å²) in [6.45, 7) is 2.47. The van der Waals surface area contributed by atoms with Gasteiger partial charge in [-0.2, -0.15) is 0 Å². The number of amidine groups is 1. The minimum atomic E-state index is -0.146. The molecule has 0 spiro atoms. The van der Waals surface area contributed by atoms with E-state index in [-0.39, 0.29) is 5.91 Å². The van der Waals surface area contributed by atoms with E-state index in [9.17, 15) is 4.79 Å². The van der Waals surface area contributed by atoms with Crippen molar-refractivity contribution in [3.63, 3.8) is 0 Å². The molecule has 3 aromatic carbocycles. The summed E-state index contributed by atoms with van der Waals surface area (Å²) in [6, 6.07) is 23.0. The lowest BCUT2D eigenvalue weighted by molar-refractivity contribution is -0.115. The number of aryl methyl sites for hydroxylation is 1. The Morgan fingerprint density at radius 1 is 1.07 bits per heavy atom. The van der Waals surface area contributed by atoms with Crippen LogP contribution < -0.4 is 10.1 Å². The highest BCUT2D eigenvalue weighted by molar-refractivity contribution is 8.18. The maximum Gasteiger partial charge on any atom is 0.264 e. The molecule has 3 aromatic rings. The molecule has 30 heavy (non-hydrogen) atoms. The number of benzene rings is 3. The molecule has 0 radical (unpaired) electrons. The van der Waals surface area contributed by atoms with E-state index in [1.807, 2.05) is 85.8 Å². The van der Waals surface area contributed by atoms with Gasteiger partial charge in [-0.25, -0.2) is 4.99 Å². The van der Waals surface area contributed by atoms with Crippen LogP contribution in [0.4, 0.5) is 5.69 Å². The molecule has 0 unspecified atom stereocenters. The Labute approximate surface area is 184 Å². The van der Waals surface area contributed by atoms with Crippen LogP contribution in [0.15, 0.2) is 82.7 Å². The van der Waals surface area contributed by atoms with Crippen molar-refractivity contribution in [1.29, 1.82) is 0 Å². The van der Waals surface area contributed by atoms with Crippen molar-refractivity contribution in [2.45, 2.75) is 13.5 Å². The molecule has 1 amide bonds. The van der Waals surface area contributed by atoms with E-state index in [1.165, 1.54) is 17.3 Å². The summed E-state index contributed by atoms with van der Waals surface area (Å²) >= 11 is 7.33. The van der Waals surface area contributed by atoms with Gasteiger partial charge in [-0.3, -0.25) is 4.79 Å². The Morgan fingerprint density at radius 2 is 1.83 bits per heavy atom. The van der Waals surface area contributed by atoms with Gasteiger partial charge < -0.3 is 10.1 Å². The highest BCUT2D eigenvalue weighted by atomic mass is 35.5. The Bertz CT molecular complexity index is 1120. The predicted molar refractivity (Wildman–Crippen MR) is 124 cm³/mol. The highest BCUT2D eigenvalue weighted by Gasteiger charge is 2.23. The van der Waals surface area contributed by atoms with E-state index >= 15 is 0 Å². The average molecular weight is 435 g/mol. The summed E-state index contributed by atoms with van der Waals surface area (Å²) in [5.41, 5.74) is 3.90. The first-order valence-corrected chi connectivity index (χ1v) is 10.6. The molecular formula is C24H19ClN2O2S. The van der Waals surface area contributed by atoms with Crippen molar-refractivity contribution >= 4 is 46.2 Å². The minimum Gasteiger partial charge on any atom is -0.489 e. The molecule has 150 valence electrons.